The minimum atomic E-state index is 0.415. The Morgan fingerprint density at radius 1 is 1.15 bits per heavy atom. The fourth-order valence-electron chi connectivity index (χ4n) is 2.05. The number of halogens is 1. The van der Waals surface area contributed by atoms with Gasteiger partial charge in [-0.2, -0.15) is 0 Å². The molecule has 0 unspecified atom stereocenters. The van der Waals surface area contributed by atoms with Gasteiger partial charge in [-0.05, 0) is 24.6 Å². The molecule has 0 bridgehead atoms. The Balaban J connectivity index is 1.89. The van der Waals surface area contributed by atoms with Gasteiger partial charge in [-0.1, -0.05) is 23.7 Å². The van der Waals surface area contributed by atoms with Crippen LogP contribution in [-0.2, 0) is 6.54 Å². The normalized spacial score (nSPS) is 10.9. The predicted molar refractivity (Wildman–Crippen MR) is 77.0 cm³/mol. The summed E-state index contributed by atoms with van der Waals surface area (Å²) >= 11 is 6.10. The van der Waals surface area contributed by atoms with Crippen LogP contribution in [0.1, 0.15) is 12.5 Å². The number of nitrogens with zero attached hydrogens (tertiary/aromatic N) is 4. The monoisotopic (exact) mass is 288 g/mol. The lowest BCUT2D eigenvalue weighted by Crippen LogP contribution is -1.99. The highest BCUT2D eigenvalue weighted by Gasteiger charge is 2.09. The van der Waals surface area contributed by atoms with Gasteiger partial charge in [0.15, 0.2) is 10.8 Å². The summed E-state index contributed by atoms with van der Waals surface area (Å²) in [6.45, 7) is 3.29. The summed E-state index contributed by atoms with van der Waals surface area (Å²) in [4.78, 5) is 12.3. The Labute approximate surface area is 121 Å². The first-order valence-corrected chi connectivity index (χ1v) is 6.69. The number of rotatable bonds is 4. The average molecular weight is 289 g/mol. The second-order valence-electron chi connectivity index (χ2n) is 4.29. The fourth-order valence-corrected chi connectivity index (χ4v) is 2.28. The standard InChI is InChI=1S/C14H13ClN4O/c1-2-20-11-5-3-10(4-6-11)7-19-9-18-14-12(19)13(15)16-8-17-14/h3-6,8-9H,2,7H2,1H3. The Morgan fingerprint density at radius 3 is 2.70 bits per heavy atom. The first-order valence-electron chi connectivity index (χ1n) is 6.31. The lowest BCUT2D eigenvalue weighted by Gasteiger charge is -2.07. The summed E-state index contributed by atoms with van der Waals surface area (Å²) in [5.41, 5.74) is 2.49. The smallest absolute Gasteiger partial charge is 0.182 e. The summed E-state index contributed by atoms with van der Waals surface area (Å²) in [5, 5.41) is 0.415. The van der Waals surface area contributed by atoms with Crippen LogP contribution in [0.15, 0.2) is 36.9 Å². The zero-order chi connectivity index (χ0) is 13.9. The molecule has 0 saturated carbocycles. The van der Waals surface area contributed by atoms with Gasteiger partial charge in [-0.3, -0.25) is 0 Å². The van der Waals surface area contributed by atoms with Gasteiger partial charge in [0, 0.05) is 6.54 Å². The van der Waals surface area contributed by atoms with Crippen molar-refractivity contribution in [2.45, 2.75) is 13.5 Å². The Hall–Kier alpha value is -2.14. The molecule has 0 amide bonds. The van der Waals surface area contributed by atoms with E-state index in [9.17, 15) is 0 Å². The zero-order valence-corrected chi connectivity index (χ0v) is 11.7. The first kappa shape index (κ1) is 12.9. The van der Waals surface area contributed by atoms with Crippen molar-refractivity contribution in [2.24, 2.45) is 0 Å². The van der Waals surface area contributed by atoms with E-state index in [4.69, 9.17) is 16.3 Å². The molecule has 0 aliphatic rings. The summed E-state index contributed by atoms with van der Waals surface area (Å²) < 4.78 is 7.36. The second-order valence-corrected chi connectivity index (χ2v) is 4.64. The summed E-state index contributed by atoms with van der Waals surface area (Å²) in [7, 11) is 0. The van der Waals surface area contributed by atoms with Crippen molar-refractivity contribution in [3.05, 3.63) is 47.6 Å². The maximum Gasteiger partial charge on any atom is 0.182 e. The molecule has 3 aromatic rings. The molecule has 2 heterocycles. The van der Waals surface area contributed by atoms with Crippen LogP contribution in [0.5, 0.6) is 5.75 Å². The van der Waals surface area contributed by atoms with Gasteiger partial charge < -0.3 is 9.30 Å². The maximum absolute atomic E-state index is 6.10. The van der Waals surface area contributed by atoms with E-state index < -0.39 is 0 Å². The molecule has 0 fully saturated rings. The van der Waals surface area contributed by atoms with Crippen LogP contribution >= 0.6 is 11.6 Å². The van der Waals surface area contributed by atoms with Crippen LogP contribution in [-0.4, -0.2) is 26.1 Å². The zero-order valence-electron chi connectivity index (χ0n) is 11.0. The lowest BCUT2D eigenvalue weighted by molar-refractivity contribution is 0.340. The topological polar surface area (TPSA) is 52.8 Å². The SMILES string of the molecule is CCOc1ccc(Cn2cnc3ncnc(Cl)c32)cc1. The van der Waals surface area contributed by atoms with Crippen molar-refractivity contribution in [1.82, 2.24) is 19.5 Å². The van der Waals surface area contributed by atoms with E-state index in [0.29, 0.717) is 24.0 Å². The molecule has 1 aromatic carbocycles. The van der Waals surface area contributed by atoms with Crippen molar-refractivity contribution >= 4 is 22.8 Å². The van der Waals surface area contributed by atoms with E-state index >= 15 is 0 Å². The van der Waals surface area contributed by atoms with Crippen LogP contribution in [0.3, 0.4) is 0 Å². The van der Waals surface area contributed by atoms with Crippen LogP contribution in [0.2, 0.25) is 5.15 Å². The average Bonchev–Trinajstić information content (AvgIpc) is 2.86. The largest absolute Gasteiger partial charge is 0.494 e. The first-order chi connectivity index (χ1) is 9.78. The van der Waals surface area contributed by atoms with Gasteiger partial charge in [-0.15, -0.1) is 0 Å². The molecule has 0 atom stereocenters. The molecule has 20 heavy (non-hydrogen) atoms. The number of hydrogen-bond donors (Lipinski definition) is 0. The van der Waals surface area contributed by atoms with Crippen LogP contribution in [0, 0.1) is 0 Å². The number of imidazole rings is 1. The predicted octanol–water partition coefficient (Wildman–Crippen LogP) is 2.93. The van der Waals surface area contributed by atoms with E-state index in [1.165, 1.54) is 6.33 Å². The Kier molecular flexibility index (Phi) is 3.52. The molecule has 0 aliphatic carbocycles. The minimum Gasteiger partial charge on any atom is -0.494 e. The van der Waals surface area contributed by atoms with Crippen LogP contribution in [0.4, 0.5) is 0 Å². The van der Waals surface area contributed by atoms with Crippen molar-refractivity contribution < 1.29 is 4.74 Å². The molecule has 102 valence electrons. The highest BCUT2D eigenvalue weighted by atomic mass is 35.5. The quantitative estimate of drug-likeness (QED) is 0.693. The molecule has 0 spiro atoms. The van der Waals surface area contributed by atoms with Crippen LogP contribution < -0.4 is 4.74 Å². The van der Waals surface area contributed by atoms with E-state index in [-0.39, 0.29) is 0 Å². The van der Waals surface area contributed by atoms with Crippen molar-refractivity contribution in [2.75, 3.05) is 6.61 Å². The van der Waals surface area contributed by atoms with Gasteiger partial charge in [0.1, 0.15) is 17.6 Å². The Morgan fingerprint density at radius 2 is 1.95 bits per heavy atom. The minimum absolute atomic E-state index is 0.415. The third kappa shape index (κ3) is 2.44. The van der Waals surface area contributed by atoms with Crippen molar-refractivity contribution in [3.8, 4) is 5.75 Å². The van der Waals surface area contributed by atoms with E-state index in [1.807, 2.05) is 35.8 Å². The molecule has 0 saturated heterocycles. The third-order valence-corrected chi connectivity index (χ3v) is 3.23. The summed E-state index contributed by atoms with van der Waals surface area (Å²) in [6, 6.07) is 7.95. The molecule has 0 N–H and O–H groups in total. The number of ether oxygens (including phenoxy) is 1. The second kappa shape index (κ2) is 5.46. The van der Waals surface area contributed by atoms with Crippen LogP contribution in [0.25, 0.3) is 11.2 Å². The Bertz CT molecular complexity index is 724. The molecule has 3 rings (SSSR count). The lowest BCUT2D eigenvalue weighted by atomic mass is 10.2. The van der Waals surface area contributed by atoms with Gasteiger partial charge in [0.2, 0.25) is 0 Å². The third-order valence-electron chi connectivity index (χ3n) is 2.95. The summed E-state index contributed by atoms with van der Waals surface area (Å²) in [6.07, 6.45) is 3.14. The molecule has 2 aromatic heterocycles. The molecule has 6 heteroatoms. The molecule has 0 radical (unpaired) electrons. The molecule has 5 nitrogen and oxygen atoms in total. The molecule has 0 aliphatic heterocycles. The molecular formula is C14H13ClN4O. The highest BCUT2D eigenvalue weighted by Crippen LogP contribution is 2.20. The van der Waals surface area contributed by atoms with E-state index in [0.717, 1.165) is 16.8 Å². The summed E-state index contributed by atoms with van der Waals surface area (Å²) in [5.74, 6) is 0.869. The number of fused-ring (bicyclic) bond motifs is 1. The number of hydrogen-bond acceptors (Lipinski definition) is 4. The maximum atomic E-state index is 6.10. The fraction of sp³-hybridized carbons (Fsp3) is 0.214. The van der Waals surface area contributed by atoms with Gasteiger partial charge >= 0.3 is 0 Å². The number of benzene rings is 1. The highest BCUT2D eigenvalue weighted by molar-refractivity contribution is 6.33. The van der Waals surface area contributed by atoms with E-state index in [2.05, 4.69) is 15.0 Å². The van der Waals surface area contributed by atoms with Crippen molar-refractivity contribution in [3.63, 3.8) is 0 Å². The van der Waals surface area contributed by atoms with Gasteiger partial charge in [0.25, 0.3) is 0 Å². The molecular weight excluding hydrogens is 276 g/mol. The van der Waals surface area contributed by atoms with E-state index in [1.54, 1.807) is 6.33 Å². The van der Waals surface area contributed by atoms with Crippen molar-refractivity contribution in [1.29, 1.82) is 0 Å². The van der Waals surface area contributed by atoms with Gasteiger partial charge in [0.05, 0.1) is 12.9 Å². The number of aromatic nitrogens is 4. The van der Waals surface area contributed by atoms with Gasteiger partial charge in [-0.25, -0.2) is 15.0 Å².